The van der Waals surface area contributed by atoms with E-state index in [2.05, 4.69) is 10.1 Å². The quantitative estimate of drug-likeness (QED) is 0.771. The van der Waals surface area contributed by atoms with Crippen molar-refractivity contribution in [1.29, 1.82) is 0 Å². The van der Waals surface area contributed by atoms with Crippen LogP contribution in [0.3, 0.4) is 0 Å². The van der Waals surface area contributed by atoms with E-state index in [0.717, 1.165) is 0 Å². The van der Waals surface area contributed by atoms with Crippen LogP contribution in [0.15, 0.2) is 24.3 Å². The largest absolute Gasteiger partial charge is 0.435 e. The van der Waals surface area contributed by atoms with Crippen molar-refractivity contribution < 1.29 is 23.4 Å². The maximum absolute atomic E-state index is 12.1. The maximum atomic E-state index is 12.1. The number of benzene rings is 1. The van der Waals surface area contributed by atoms with E-state index >= 15 is 0 Å². The molecule has 0 radical (unpaired) electrons. The molecule has 1 aromatic carbocycles. The van der Waals surface area contributed by atoms with Gasteiger partial charge in [0.05, 0.1) is 12.5 Å². The number of carbonyl (C=O) groups excluding carboxylic acids is 1. The summed E-state index contributed by atoms with van der Waals surface area (Å²) in [6.07, 6.45) is -0.378. The van der Waals surface area contributed by atoms with Gasteiger partial charge in [0.15, 0.2) is 0 Å². The van der Waals surface area contributed by atoms with Crippen molar-refractivity contribution in [2.45, 2.75) is 46.8 Å². The SMILES string of the molecule is CC(C)C(O)C(C)(C)CNC(=O)Cc1ccc(OC(F)F)cc1. The highest BCUT2D eigenvalue weighted by Gasteiger charge is 2.30. The number of alkyl halides is 2. The monoisotopic (exact) mass is 329 g/mol. The van der Waals surface area contributed by atoms with Crippen molar-refractivity contribution in [3.8, 4) is 5.75 Å². The minimum atomic E-state index is -2.86. The first kappa shape index (κ1) is 19.4. The summed E-state index contributed by atoms with van der Waals surface area (Å²) in [6.45, 7) is 5.15. The van der Waals surface area contributed by atoms with Gasteiger partial charge in [-0.15, -0.1) is 0 Å². The van der Waals surface area contributed by atoms with E-state index in [-0.39, 0.29) is 24.0 Å². The van der Waals surface area contributed by atoms with Crippen molar-refractivity contribution in [2.24, 2.45) is 11.3 Å². The van der Waals surface area contributed by atoms with Crippen molar-refractivity contribution in [1.82, 2.24) is 5.32 Å². The Morgan fingerprint density at radius 2 is 1.83 bits per heavy atom. The van der Waals surface area contributed by atoms with Gasteiger partial charge in [-0.3, -0.25) is 4.79 Å². The number of aliphatic hydroxyl groups excluding tert-OH is 1. The molecule has 0 saturated heterocycles. The van der Waals surface area contributed by atoms with E-state index in [1.165, 1.54) is 12.1 Å². The fourth-order valence-electron chi connectivity index (χ4n) is 2.37. The molecule has 1 unspecified atom stereocenters. The smallest absolute Gasteiger partial charge is 0.387 e. The van der Waals surface area contributed by atoms with E-state index in [0.29, 0.717) is 12.1 Å². The lowest BCUT2D eigenvalue weighted by Crippen LogP contribution is -2.43. The summed E-state index contributed by atoms with van der Waals surface area (Å²) in [6, 6.07) is 5.96. The highest BCUT2D eigenvalue weighted by Crippen LogP contribution is 2.25. The van der Waals surface area contributed by atoms with Crippen molar-refractivity contribution >= 4 is 5.91 Å². The minimum Gasteiger partial charge on any atom is -0.435 e. The Morgan fingerprint density at radius 1 is 1.26 bits per heavy atom. The maximum Gasteiger partial charge on any atom is 0.387 e. The van der Waals surface area contributed by atoms with Gasteiger partial charge >= 0.3 is 6.61 Å². The Morgan fingerprint density at radius 3 is 2.30 bits per heavy atom. The molecule has 4 nitrogen and oxygen atoms in total. The standard InChI is InChI=1S/C17H25F2NO3/c1-11(2)15(22)17(3,4)10-20-14(21)9-12-5-7-13(8-6-12)23-16(18)19/h5-8,11,15-16,22H,9-10H2,1-4H3,(H,20,21). The number of nitrogens with one attached hydrogen (secondary N) is 1. The molecular weight excluding hydrogens is 304 g/mol. The topological polar surface area (TPSA) is 58.6 Å². The van der Waals surface area contributed by atoms with Gasteiger partial charge in [-0.05, 0) is 23.6 Å². The molecule has 0 heterocycles. The molecule has 0 aliphatic heterocycles. The fraction of sp³-hybridized carbons (Fsp3) is 0.588. The van der Waals surface area contributed by atoms with Crippen LogP contribution in [0.2, 0.25) is 0 Å². The molecule has 1 atom stereocenters. The second-order valence-electron chi connectivity index (χ2n) is 6.65. The lowest BCUT2D eigenvalue weighted by atomic mass is 9.80. The number of ether oxygens (including phenoxy) is 1. The van der Waals surface area contributed by atoms with Gasteiger partial charge in [0.2, 0.25) is 5.91 Å². The molecular formula is C17H25F2NO3. The molecule has 1 amide bonds. The molecule has 0 bridgehead atoms. The number of carbonyl (C=O) groups is 1. The van der Waals surface area contributed by atoms with E-state index < -0.39 is 18.1 Å². The second kappa shape index (κ2) is 8.24. The molecule has 6 heteroatoms. The predicted octanol–water partition coefficient (Wildman–Crippen LogP) is 2.99. The molecule has 23 heavy (non-hydrogen) atoms. The molecule has 1 aromatic rings. The van der Waals surface area contributed by atoms with Crippen LogP contribution < -0.4 is 10.1 Å². The predicted molar refractivity (Wildman–Crippen MR) is 84.4 cm³/mol. The number of aliphatic hydroxyl groups is 1. The number of rotatable bonds is 8. The van der Waals surface area contributed by atoms with Crippen LogP contribution in [0.1, 0.15) is 33.3 Å². The van der Waals surface area contributed by atoms with Crippen LogP contribution in [0.4, 0.5) is 8.78 Å². The lowest BCUT2D eigenvalue weighted by molar-refractivity contribution is -0.121. The van der Waals surface area contributed by atoms with E-state index in [9.17, 15) is 18.7 Å². The number of hydrogen-bond acceptors (Lipinski definition) is 3. The zero-order valence-electron chi connectivity index (χ0n) is 14.0. The average molecular weight is 329 g/mol. The number of hydrogen-bond donors (Lipinski definition) is 2. The van der Waals surface area contributed by atoms with Gasteiger partial charge in [0.25, 0.3) is 0 Å². The minimum absolute atomic E-state index is 0.0605. The molecule has 0 saturated carbocycles. The summed E-state index contributed by atoms with van der Waals surface area (Å²) in [5.41, 5.74) is 0.269. The normalized spacial score (nSPS) is 13.3. The van der Waals surface area contributed by atoms with Crippen molar-refractivity contribution in [3.63, 3.8) is 0 Å². The molecule has 1 rings (SSSR count). The van der Waals surface area contributed by atoms with Crippen LogP contribution in [-0.4, -0.2) is 30.3 Å². The Hall–Kier alpha value is -1.69. The fourth-order valence-corrected chi connectivity index (χ4v) is 2.37. The van der Waals surface area contributed by atoms with Crippen LogP contribution in [-0.2, 0) is 11.2 Å². The van der Waals surface area contributed by atoms with E-state index in [4.69, 9.17) is 0 Å². The summed E-state index contributed by atoms with van der Waals surface area (Å²) >= 11 is 0. The van der Waals surface area contributed by atoms with Gasteiger partial charge in [-0.2, -0.15) is 8.78 Å². The Labute approximate surface area is 135 Å². The summed E-state index contributed by atoms with van der Waals surface area (Å²) < 4.78 is 28.4. The molecule has 0 spiro atoms. The zero-order valence-corrected chi connectivity index (χ0v) is 14.0. The Bertz CT molecular complexity index is 501. The van der Waals surface area contributed by atoms with Crippen LogP contribution in [0, 0.1) is 11.3 Å². The highest BCUT2D eigenvalue weighted by atomic mass is 19.3. The molecule has 0 aromatic heterocycles. The molecule has 0 aliphatic rings. The molecule has 2 N–H and O–H groups in total. The second-order valence-corrected chi connectivity index (χ2v) is 6.65. The van der Waals surface area contributed by atoms with Crippen LogP contribution >= 0.6 is 0 Å². The van der Waals surface area contributed by atoms with Gasteiger partial charge in [0.1, 0.15) is 5.75 Å². The summed E-state index contributed by atoms with van der Waals surface area (Å²) in [5, 5.41) is 12.9. The van der Waals surface area contributed by atoms with Crippen LogP contribution in [0.5, 0.6) is 5.75 Å². The van der Waals surface area contributed by atoms with Gasteiger partial charge < -0.3 is 15.2 Å². The number of amides is 1. The third-order valence-electron chi connectivity index (χ3n) is 3.69. The van der Waals surface area contributed by atoms with E-state index in [1.807, 2.05) is 27.7 Å². The first-order valence-electron chi connectivity index (χ1n) is 7.60. The van der Waals surface area contributed by atoms with Crippen LogP contribution in [0.25, 0.3) is 0 Å². The van der Waals surface area contributed by atoms with Gasteiger partial charge in [-0.25, -0.2) is 0 Å². The molecule has 130 valence electrons. The van der Waals surface area contributed by atoms with Crippen molar-refractivity contribution in [2.75, 3.05) is 6.54 Å². The Balaban J connectivity index is 2.50. The molecule has 0 aliphatic carbocycles. The van der Waals surface area contributed by atoms with Gasteiger partial charge in [0, 0.05) is 12.0 Å². The molecule has 0 fully saturated rings. The highest BCUT2D eigenvalue weighted by molar-refractivity contribution is 5.78. The summed E-state index contributed by atoms with van der Waals surface area (Å²) in [5.74, 6) is -0.0220. The third-order valence-corrected chi connectivity index (χ3v) is 3.69. The zero-order chi connectivity index (χ0) is 17.6. The lowest BCUT2D eigenvalue weighted by Gasteiger charge is -2.33. The summed E-state index contributed by atoms with van der Waals surface area (Å²) in [4.78, 5) is 12.0. The Kier molecular flexibility index (Phi) is 6.94. The third kappa shape index (κ3) is 6.52. The number of halogens is 2. The van der Waals surface area contributed by atoms with E-state index in [1.54, 1.807) is 12.1 Å². The summed E-state index contributed by atoms with van der Waals surface area (Å²) in [7, 11) is 0. The van der Waals surface area contributed by atoms with Crippen molar-refractivity contribution in [3.05, 3.63) is 29.8 Å². The van der Waals surface area contributed by atoms with Gasteiger partial charge in [-0.1, -0.05) is 39.8 Å². The average Bonchev–Trinajstić information content (AvgIpc) is 2.46. The first-order chi connectivity index (χ1) is 10.6. The first-order valence-corrected chi connectivity index (χ1v) is 7.60.